The van der Waals surface area contributed by atoms with E-state index in [4.69, 9.17) is 0 Å². The van der Waals surface area contributed by atoms with Gasteiger partial charge in [0.1, 0.15) is 11.5 Å². The Bertz CT molecular complexity index is 543. The Kier molecular flexibility index (Phi) is 2.81. The van der Waals surface area contributed by atoms with Crippen molar-refractivity contribution in [2.24, 2.45) is 0 Å². The van der Waals surface area contributed by atoms with Gasteiger partial charge in [0.05, 0.1) is 12.2 Å². The molecule has 18 heavy (non-hydrogen) atoms. The van der Waals surface area contributed by atoms with Crippen LogP contribution in [0.1, 0.15) is 38.1 Å². The summed E-state index contributed by atoms with van der Waals surface area (Å²) in [6, 6.07) is 3.50. The normalized spacial score (nSPS) is 15.7. The van der Waals surface area contributed by atoms with E-state index in [9.17, 15) is 4.39 Å². The lowest BCUT2D eigenvalue weighted by Gasteiger charge is -2.26. The third-order valence-electron chi connectivity index (χ3n) is 3.37. The largest absolute Gasteiger partial charge is 0.250 e. The molecule has 2 aromatic rings. The van der Waals surface area contributed by atoms with Crippen LogP contribution in [0.4, 0.5) is 4.39 Å². The molecule has 5 heteroatoms. The van der Waals surface area contributed by atoms with Gasteiger partial charge >= 0.3 is 0 Å². The highest BCUT2D eigenvalue weighted by atomic mass is 19.1. The molecular weight excluding hydrogens is 231 g/mol. The summed E-state index contributed by atoms with van der Waals surface area (Å²) in [5.41, 5.74) is 0.690. The van der Waals surface area contributed by atoms with Crippen LogP contribution in [0.2, 0.25) is 0 Å². The van der Waals surface area contributed by atoms with Gasteiger partial charge in [0.25, 0.3) is 0 Å². The van der Waals surface area contributed by atoms with Gasteiger partial charge in [0.2, 0.25) is 0 Å². The Hall–Kier alpha value is -1.78. The van der Waals surface area contributed by atoms with Gasteiger partial charge in [-0.2, -0.15) is 5.10 Å². The summed E-state index contributed by atoms with van der Waals surface area (Å²) < 4.78 is 14.9. The first-order valence-corrected chi connectivity index (χ1v) is 6.35. The lowest BCUT2D eigenvalue weighted by Crippen LogP contribution is -2.19. The zero-order valence-corrected chi connectivity index (χ0v) is 10.3. The molecule has 0 bridgehead atoms. The summed E-state index contributed by atoms with van der Waals surface area (Å²) in [6.07, 6.45) is 5.54. The smallest absolute Gasteiger partial charge is 0.177 e. The van der Waals surface area contributed by atoms with Gasteiger partial charge in [-0.05, 0) is 31.4 Å². The Balaban J connectivity index is 2.03. The molecule has 0 N–H and O–H groups in total. The van der Waals surface area contributed by atoms with Gasteiger partial charge in [-0.15, -0.1) is 0 Å². The first-order valence-electron chi connectivity index (χ1n) is 6.35. The molecule has 1 fully saturated rings. The quantitative estimate of drug-likeness (QED) is 0.836. The fourth-order valence-electron chi connectivity index (χ4n) is 2.09. The molecular formula is C13H15FN4. The van der Waals surface area contributed by atoms with Crippen molar-refractivity contribution < 1.29 is 4.39 Å². The highest BCUT2D eigenvalue weighted by Crippen LogP contribution is 2.33. The Morgan fingerprint density at radius 3 is 2.78 bits per heavy atom. The summed E-state index contributed by atoms with van der Waals surface area (Å²) in [4.78, 5) is 8.60. The minimum atomic E-state index is -0.329. The van der Waals surface area contributed by atoms with Crippen LogP contribution >= 0.6 is 0 Å². The monoisotopic (exact) mass is 246 g/mol. The van der Waals surface area contributed by atoms with Crippen molar-refractivity contribution in [2.45, 2.75) is 38.6 Å². The highest BCUT2D eigenvalue weighted by Gasteiger charge is 2.25. The number of hydrogen-bond acceptors (Lipinski definition) is 3. The molecule has 1 saturated carbocycles. The van der Waals surface area contributed by atoms with Gasteiger partial charge in [0.15, 0.2) is 11.6 Å². The molecule has 2 heterocycles. The number of nitrogens with zero attached hydrogens (tertiary/aromatic N) is 4. The molecule has 1 aliphatic carbocycles. The molecule has 1 aliphatic rings. The van der Waals surface area contributed by atoms with Crippen LogP contribution in [0.25, 0.3) is 11.5 Å². The topological polar surface area (TPSA) is 43.6 Å². The Labute approximate surface area is 105 Å². The van der Waals surface area contributed by atoms with Crippen LogP contribution in [0.15, 0.2) is 18.3 Å². The Morgan fingerprint density at radius 1 is 1.39 bits per heavy atom. The summed E-state index contributed by atoms with van der Waals surface area (Å²) in [5, 5.41) is 4.52. The van der Waals surface area contributed by atoms with Crippen molar-refractivity contribution in [3.05, 3.63) is 30.0 Å². The van der Waals surface area contributed by atoms with Crippen molar-refractivity contribution in [1.82, 2.24) is 19.7 Å². The van der Waals surface area contributed by atoms with Crippen LogP contribution < -0.4 is 0 Å². The van der Waals surface area contributed by atoms with Crippen LogP contribution in [0, 0.1) is 5.82 Å². The molecule has 4 nitrogen and oxygen atoms in total. The van der Waals surface area contributed by atoms with Crippen LogP contribution in [0.5, 0.6) is 0 Å². The minimum Gasteiger partial charge on any atom is -0.250 e. The van der Waals surface area contributed by atoms with E-state index in [1.165, 1.54) is 18.7 Å². The minimum absolute atomic E-state index is 0.329. The average molecular weight is 246 g/mol. The summed E-state index contributed by atoms with van der Waals surface area (Å²) in [6.45, 7) is 2.03. The molecule has 0 aliphatic heterocycles. The SMILES string of the molecule is CCc1nc(-c2ccc(F)cn2)n(C2CCC2)n1. The number of halogens is 1. The molecule has 94 valence electrons. The van der Waals surface area contributed by atoms with Crippen LogP contribution in [-0.2, 0) is 6.42 Å². The summed E-state index contributed by atoms with van der Waals surface area (Å²) in [5.74, 6) is 1.25. The van der Waals surface area contributed by atoms with Gasteiger partial charge < -0.3 is 0 Å². The van der Waals surface area contributed by atoms with Crippen LogP contribution in [0.3, 0.4) is 0 Å². The van der Waals surface area contributed by atoms with Gasteiger partial charge in [-0.3, -0.25) is 0 Å². The highest BCUT2D eigenvalue weighted by molar-refractivity contribution is 5.49. The molecule has 0 aromatic carbocycles. The van der Waals surface area contributed by atoms with Gasteiger partial charge in [-0.25, -0.2) is 19.0 Å². The van der Waals surface area contributed by atoms with E-state index in [0.29, 0.717) is 11.7 Å². The molecule has 0 unspecified atom stereocenters. The number of rotatable bonds is 3. The zero-order chi connectivity index (χ0) is 12.5. The van der Waals surface area contributed by atoms with E-state index in [1.54, 1.807) is 6.07 Å². The maximum absolute atomic E-state index is 12.9. The molecule has 0 amide bonds. The average Bonchev–Trinajstić information content (AvgIpc) is 2.72. The van der Waals surface area contributed by atoms with Crippen molar-refractivity contribution in [1.29, 1.82) is 0 Å². The second kappa shape index (κ2) is 4.48. The fraction of sp³-hybridized carbons (Fsp3) is 0.462. The number of pyridine rings is 1. The second-order valence-electron chi connectivity index (χ2n) is 4.60. The van der Waals surface area contributed by atoms with E-state index in [-0.39, 0.29) is 5.82 Å². The Morgan fingerprint density at radius 2 is 2.22 bits per heavy atom. The van der Waals surface area contributed by atoms with Crippen molar-refractivity contribution in [3.8, 4) is 11.5 Å². The van der Waals surface area contributed by atoms with E-state index in [1.807, 2.05) is 11.6 Å². The second-order valence-corrected chi connectivity index (χ2v) is 4.60. The lowest BCUT2D eigenvalue weighted by atomic mass is 9.93. The molecule has 0 spiro atoms. The molecule has 3 rings (SSSR count). The van der Waals surface area contributed by atoms with E-state index < -0.39 is 0 Å². The van der Waals surface area contributed by atoms with Crippen molar-refractivity contribution >= 4 is 0 Å². The van der Waals surface area contributed by atoms with Gasteiger partial charge in [-0.1, -0.05) is 6.92 Å². The number of aromatic nitrogens is 4. The predicted octanol–water partition coefficient (Wildman–Crippen LogP) is 2.77. The number of hydrogen-bond donors (Lipinski definition) is 0. The summed E-state index contributed by atoms with van der Waals surface area (Å²) in [7, 11) is 0. The third kappa shape index (κ3) is 1.89. The van der Waals surface area contributed by atoms with Crippen molar-refractivity contribution in [3.63, 3.8) is 0 Å². The zero-order valence-electron chi connectivity index (χ0n) is 10.3. The molecule has 0 saturated heterocycles. The molecule has 0 atom stereocenters. The lowest BCUT2D eigenvalue weighted by molar-refractivity contribution is 0.290. The maximum atomic E-state index is 12.9. The van der Waals surface area contributed by atoms with E-state index in [0.717, 1.165) is 30.9 Å². The van der Waals surface area contributed by atoms with Gasteiger partial charge in [0, 0.05) is 6.42 Å². The first-order chi connectivity index (χ1) is 8.78. The van der Waals surface area contributed by atoms with Crippen LogP contribution in [-0.4, -0.2) is 19.7 Å². The standard InChI is InChI=1S/C13H15FN4/c1-2-12-16-13(11-7-6-9(14)8-15-11)18(17-12)10-4-3-5-10/h6-8,10H,2-5H2,1H3. The van der Waals surface area contributed by atoms with E-state index >= 15 is 0 Å². The molecule has 0 radical (unpaired) electrons. The predicted molar refractivity (Wildman–Crippen MR) is 65.5 cm³/mol. The first kappa shape index (κ1) is 11.3. The third-order valence-corrected chi connectivity index (χ3v) is 3.37. The maximum Gasteiger partial charge on any atom is 0.177 e. The van der Waals surface area contributed by atoms with Crippen molar-refractivity contribution in [2.75, 3.05) is 0 Å². The van der Waals surface area contributed by atoms with E-state index in [2.05, 4.69) is 15.1 Å². The number of aryl methyl sites for hydroxylation is 1. The summed E-state index contributed by atoms with van der Waals surface area (Å²) >= 11 is 0. The molecule has 2 aromatic heterocycles. The fourth-order valence-corrected chi connectivity index (χ4v) is 2.09.